The van der Waals surface area contributed by atoms with Gasteiger partial charge in [-0.2, -0.15) is 18.3 Å². The summed E-state index contributed by atoms with van der Waals surface area (Å²) in [5.74, 6) is -0.493. The van der Waals surface area contributed by atoms with Crippen molar-refractivity contribution in [3.05, 3.63) is 30.5 Å². The van der Waals surface area contributed by atoms with Crippen LogP contribution in [0.1, 0.15) is 45.1 Å². The molecule has 1 radical (unpaired) electrons. The zero-order valence-corrected chi connectivity index (χ0v) is 20.9. The molecule has 1 saturated heterocycles. The smallest absolute Gasteiger partial charge is 0.408 e. The highest BCUT2D eigenvalue weighted by Crippen LogP contribution is 2.32. The van der Waals surface area contributed by atoms with E-state index in [-0.39, 0.29) is 5.69 Å². The minimum absolute atomic E-state index is 0.212. The van der Waals surface area contributed by atoms with Gasteiger partial charge < -0.3 is 20.0 Å². The van der Waals surface area contributed by atoms with E-state index in [4.69, 9.17) is 4.65 Å². The number of nitrogens with zero attached hydrogens (tertiary/aromatic N) is 6. The van der Waals surface area contributed by atoms with Gasteiger partial charge in [0.2, 0.25) is 0 Å². The first-order valence-electron chi connectivity index (χ1n) is 11.2. The van der Waals surface area contributed by atoms with E-state index in [2.05, 4.69) is 26.8 Å². The molecule has 0 bridgehead atoms. The summed E-state index contributed by atoms with van der Waals surface area (Å²) < 4.78 is 45.6. The van der Waals surface area contributed by atoms with Gasteiger partial charge in [0.15, 0.2) is 0 Å². The molecule has 0 aliphatic carbocycles. The van der Waals surface area contributed by atoms with Crippen molar-refractivity contribution in [3.63, 3.8) is 0 Å². The van der Waals surface area contributed by atoms with Gasteiger partial charge in [-0.1, -0.05) is 0 Å². The molecule has 3 heterocycles. The molecule has 2 N–H and O–H groups in total. The normalized spacial score (nSPS) is 16.8. The van der Waals surface area contributed by atoms with Gasteiger partial charge in [0.05, 0.1) is 30.1 Å². The van der Waals surface area contributed by atoms with Gasteiger partial charge in [0.1, 0.15) is 23.1 Å². The van der Waals surface area contributed by atoms with E-state index in [0.29, 0.717) is 30.9 Å². The van der Waals surface area contributed by atoms with Crippen molar-refractivity contribution in [1.29, 1.82) is 0 Å². The van der Waals surface area contributed by atoms with Crippen LogP contribution < -0.4 is 15.7 Å². The number of halogens is 3. The molecule has 1 fully saturated rings. The van der Waals surface area contributed by atoms with Crippen LogP contribution in [0, 0.1) is 0 Å². The van der Waals surface area contributed by atoms with E-state index in [1.54, 1.807) is 46.1 Å². The van der Waals surface area contributed by atoms with Crippen LogP contribution in [0.3, 0.4) is 0 Å². The van der Waals surface area contributed by atoms with Gasteiger partial charge in [0, 0.05) is 25.5 Å². The highest BCUT2D eigenvalue weighted by atomic mass is 19.4. The zero-order chi connectivity index (χ0) is 26.9. The van der Waals surface area contributed by atoms with Crippen molar-refractivity contribution in [3.8, 4) is 0 Å². The van der Waals surface area contributed by atoms with E-state index in [0.717, 1.165) is 13.1 Å². The van der Waals surface area contributed by atoms with Gasteiger partial charge in [-0.15, -0.1) is 0 Å². The molecule has 2 aromatic rings. The van der Waals surface area contributed by atoms with Gasteiger partial charge in [-0.3, -0.25) is 14.5 Å². The molecule has 1 atom stereocenters. The second-order valence-corrected chi connectivity index (χ2v) is 9.98. The quantitative estimate of drug-likeness (QED) is 0.364. The molecular weight excluding hydrogens is 478 g/mol. The van der Waals surface area contributed by atoms with Crippen LogP contribution in [0.4, 0.5) is 19.0 Å². The average Bonchev–Trinajstić information content (AvgIpc) is 3.22. The summed E-state index contributed by atoms with van der Waals surface area (Å²) >= 11 is 0. The number of aliphatic imine (C=N–C) groups is 1. The van der Waals surface area contributed by atoms with E-state index in [1.165, 1.54) is 6.20 Å². The molecule has 36 heavy (non-hydrogen) atoms. The predicted molar refractivity (Wildman–Crippen MR) is 129 cm³/mol. The van der Waals surface area contributed by atoms with Crippen LogP contribution in [0.25, 0.3) is 0 Å². The predicted octanol–water partition coefficient (Wildman–Crippen LogP) is 1.08. The second kappa shape index (κ2) is 9.81. The SMILES string of the molecule is C=NCC1(n2cc([B]OC(C)(C)C(C)(C)O)cn2)CN(c2cnc(C(=O)N[C@@H](C)C(F)(F)F)cn2)C1. The number of aromatic nitrogens is 4. The fourth-order valence-electron chi connectivity index (χ4n) is 3.32. The minimum Gasteiger partial charge on any atom is -0.427 e. The molecular formula is C22H30BF3N7O3. The Kier molecular flexibility index (Phi) is 7.52. The third-order valence-electron chi connectivity index (χ3n) is 6.46. The summed E-state index contributed by atoms with van der Waals surface area (Å²) in [7, 11) is 1.54. The Balaban J connectivity index is 1.65. The van der Waals surface area contributed by atoms with Crippen molar-refractivity contribution in [2.75, 3.05) is 24.5 Å². The number of nitrogens with one attached hydrogen (secondary N) is 1. The fourth-order valence-corrected chi connectivity index (χ4v) is 3.32. The van der Waals surface area contributed by atoms with Crippen molar-refractivity contribution in [1.82, 2.24) is 25.1 Å². The lowest BCUT2D eigenvalue weighted by Crippen LogP contribution is -2.65. The molecule has 1 aliphatic heterocycles. The Labute approximate surface area is 208 Å². The third-order valence-corrected chi connectivity index (χ3v) is 6.46. The van der Waals surface area contributed by atoms with Gasteiger partial charge >= 0.3 is 13.7 Å². The zero-order valence-electron chi connectivity index (χ0n) is 20.9. The fraction of sp³-hybridized carbons (Fsp3) is 0.591. The molecule has 195 valence electrons. The molecule has 14 heteroatoms. The molecule has 1 amide bonds. The summed E-state index contributed by atoms with van der Waals surface area (Å²) in [5, 5.41) is 16.6. The maximum atomic E-state index is 12.7. The Hall–Kier alpha value is -3.00. The number of carbonyl (C=O) groups excluding carboxylic acids is 1. The molecule has 0 spiro atoms. The number of anilines is 1. The third kappa shape index (κ3) is 5.86. The lowest BCUT2D eigenvalue weighted by atomic mass is 9.84. The van der Waals surface area contributed by atoms with E-state index in [9.17, 15) is 23.1 Å². The highest BCUT2D eigenvalue weighted by Gasteiger charge is 2.46. The molecule has 10 nitrogen and oxygen atoms in total. The number of hydrogen-bond donors (Lipinski definition) is 2. The molecule has 0 saturated carbocycles. The standard InChI is InChI=1S/C22H30BF3N7O3/c1-14(22(24,25)26)31-18(34)16-8-29-17(9-28-16)32-12-21(13-32,11-27-6)33-10-15(7-30-33)23-36-20(4,5)19(2,3)35/h7-10,14,35H,6,11-13H2,1-5H3,(H,31,34)/t14-/m0/s1. The number of amides is 1. The Bertz CT molecular complexity index is 1080. The van der Waals surface area contributed by atoms with E-state index < -0.39 is 34.9 Å². The summed E-state index contributed by atoms with van der Waals surface area (Å²) in [6.07, 6.45) is 1.38. The molecule has 0 aromatic carbocycles. The number of alkyl halides is 3. The Morgan fingerprint density at radius 1 is 1.28 bits per heavy atom. The van der Waals surface area contributed by atoms with Crippen LogP contribution in [-0.4, -0.2) is 88.0 Å². The maximum absolute atomic E-state index is 12.7. The summed E-state index contributed by atoms with van der Waals surface area (Å²) in [6.45, 7) is 12.7. The lowest BCUT2D eigenvalue weighted by Gasteiger charge is -2.49. The lowest BCUT2D eigenvalue weighted by molar-refractivity contribution is -0.149. The first kappa shape index (κ1) is 27.6. The largest absolute Gasteiger partial charge is 0.427 e. The minimum atomic E-state index is -4.55. The van der Waals surface area contributed by atoms with Crippen LogP contribution in [0.2, 0.25) is 0 Å². The summed E-state index contributed by atoms with van der Waals surface area (Å²) in [6, 6.07) is -2.00. The molecule has 2 aromatic heterocycles. The van der Waals surface area contributed by atoms with Crippen LogP contribution >= 0.6 is 0 Å². The molecule has 1 aliphatic rings. The maximum Gasteiger partial charge on any atom is 0.408 e. The second-order valence-electron chi connectivity index (χ2n) is 9.98. The van der Waals surface area contributed by atoms with Crippen molar-refractivity contribution >= 4 is 31.4 Å². The topological polar surface area (TPSA) is 118 Å². The first-order chi connectivity index (χ1) is 16.6. The van der Waals surface area contributed by atoms with Gasteiger partial charge in [-0.05, 0) is 46.8 Å². The molecule has 3 rings (SSSR count). The number of carbonyl (C=O) groups is 1. The Morgan fingerprint density at radius 3 is 2.47 bits per heavy atom. The van der Waals surface area contributed by atoms with Crippen LogP contribution in [0.15, 0.2) is 29.8 Å². The monoisotopic (exact) mass is 508 g/mol. The number of rotatable bonds is 10. The van der Waals surface area contributed by atoms with E-state index >= 15 is 0 Å². The Morgan fingerprint density at radius 2 is 1.94 bits per heavy atom. The van der Waals surface area contributed by atoms with E-state index in [1.807, 2.05) is 16.4 Å². The number of hydrogen-bond acceptors (Lipinski definition) is 8. The average molecular weight is 508 g/mol. The van der Waals surface area contributed by atoms with Crippen LogP contribution in [-0.2, 0) is 10.2 Å². The van der Waals surface area contributed by atoms with Gasteiger partial charge in [0.25, 0.3) is 5.91 Å². The number of aliphatic hydroxyl groups is 1. The van der Waals surface area contributed by atoms with Crippen molar-refractivity contribution in [2.24, 2.45) is 4.99 Å². The van der Waals surface area contributed by atoms with Gasteiger partial charge in [-0.25, -0.2) is 9.97 Å². The summed E-state index contributed by atoms with van der Waals surface area (Å²) in [4.78, 5) is 26.1. The molecule has 0 unspecified atom stereocenters. The summed E-state index contributed by atoms with van der Waals surface area (Å²) in [5.41, 5.74) is -1.89. The highest BCUT2D eigenvalue weighted by molar-refractivity contribution is 6.46. The van der Waals surface area contributed by atoms with Crippen molar-refractivity contribution < 1.29 is 27.7 Å². The first-order valence-corrected chi connectivity index (χ1v) is 11.2. The van der Waals surface area contributed by atoms with Crippen molar-refractivity contribution in [2.45, 2.75) is 63.6 Å². The van der Waals surface area contributed by atoms with Crippen LogP contribution in [0.5, 0.6) is 0 Å².